The molecule has 0 aromatic carbocycles. The molecule has 0 saturated carbocycles. The van der Waals surface area contributed by atoms with Gasteiger partial charge in [0.15, 0.2) is 5.82 Å². The number of pyridine rings is 1. The standard InChI is InChI=1S/C11H8ClFN2O3S2/c12-9-4-3-7(19-9)6-10(16)15-20(17,18)11-8(13)2-1-5-14-11/h1-5H,6H2,(H,15,16). The number of aromatic nitrogens is 1. The lowest BCUT2D eigenvalue weighted by Crippen LogP contribution is -2.32. The molecule has 0 atom stereocenters. The van der Waals surface area contributed by atoms with Gasteiger partial charge in [-0.2, -0.15) is 8.42 Å². The molecule has 0 aliphatic heterocycles. The molecule has 2 rings (SSSR count). The van der Waals surface area contributed by atoms with Crippen molar-refractivity contribution >= 4 is 38.9 Å². The summed E-state index contributed by atoms with van der Waals surface area (Å²) in [6.07, 6.45) is 0.965. The number of amides is 1. The van der Waals surface area contributed by atoms with Crippen LogP contribution in [0.25, 0.3) is 0 Å². The normalized spacial score (nSPS) is 11.3. The van der Waals surface area contributed by atoms with Crippen molar-refractivity contribution in [1.82, 2.24) is 9.71 Å². The van der Waals surface area contributed by atoms with E-state index in [1.807, 2.05) is 0 Å². The maximum Gasteiger partial charge on any atom is 0.284 e. The van der Waals surface area contributed by atoms with Crippen LogP contribution < -0.4 is 4.72 Å². The molecule has 1 N–H and O–H groups in total. The molecule has 0 saturated heterocycles. The van der Waals surface area contributed by atoms with Gasteiger partial charge in [-0.05, 0) is 24.3 Å². The summed E-state index contributed by atoms with van der Waals surface area (Å²) in [6.45, 7) is 0. The number of halogens is 2. The first-order valence-electron chi connectivity index (χ1n) is 5.29. The van der Waals surface area contributed by atoms with E-state index in [4.69, 9.17) is 11.6 Å². The fraction of sp³-hybridized carbons (Fsp3) is 0.0909. The third-order valence-electron chi connectivity index (χ3n) is 2.19. The summed E-state index contributed by atoms with van der Waals surface area (Å²) in [6, 6.07) is 5.41. The van der Waals surface area contributed by atoms with E-state index in [1.54, 1.807) is 16.9 Å². The highest BCUT2D eigenvalue weighted by molar-refractivity contribution is 7.90. The van der Waals surface area contributed by atoms with Crippen LogP contribution in [0.2, 0.25) is 4.34 Å². The Kier molecular flexibility index (Phi) is 4.36. The van der Waals surface area contributed by atoms with Gasteiger partial charge < -0.3 is 0 Å². The third-order valence-corrected chi connectivity index (χ3v) is 4.73. The monoisotopic (exact) mass is 334 g/mol. The number of nitrogens with one attached hydrogen (secondary N) is 1. The van der Waals surface area contributed by atoms with Crippen molar-refractivity contribution in [2.45, 2.75) is 11.4 Å². The summed E-state index contributed by atoms with van der Waals surface area (Å²) in [5.74, 6) is -1.81. The first-order chi connectivity index (χ1) is 9.38. The molecule has 0 unspecified atom stereocenters. The lowest BCUT2D eigenvalue weighted by molar-refractivity contribution is -0.118. The van der Waals surface area contributed by atoms with Crippen molar-refractivity contribution < 1.29 is 17.6 Å². The van der Waals surface area contributed by atoms with Crippen LogP contribution in [0.1, 0.15) is 4.88 Å². The smallest absolute Gasteiger partial charge is 0.274 e. The lowest BCUT2D eigenvalue weighted by Gasteiger charge is -2.05. The summed E-state index contributed by atoms with van der Waals surface area (Å²) >= 11 is 6.86. The van der Waals surface area contributed by atoms with Gasteiger partial charge in [0.1, 0.15) is 0 Å². The Hall–Kier alpha value is -1.51. The summed E-state index contributed by atoms with van der Waals surface area (Å²) in [5, 5.41) is -0.808. The van der Waals surface area contributed by atoms with E-state index in [0.29, 0.717) is 9.21 Å². The first-order valence-corrected chi connectivity index (χ1v) is 7.96. The van der Waals surface area contributed by atoms with Crippen LogP contribution >= 0.6 is 22.9 Å². The van der Waals surface area contributed by atoms with Crippen molar-refractivity contribution in [3.63, 3.8) is 0 Å². The van der Waals surface area contributed by atoms with Crippen molar-refractivity contribution in [3.05, 3.63) is 45.5 Å². The van der Waals surface area contributed by atoms with E-state index in [-0.39, 0.29) is 6.42 Å². The summed E-state index contributed by atoms with van der Waals surface area (Å²) in [4.78, 5) is 15.7. The number of nitrogens with zero attached hydrogens (tertiary/aromatic N) is 1. The van der Waals surface area contributed by atoms with Crippen molar-refractivity contribution in [2.75, 3.05) is 0 Å². The van der Waals surface area contributed by atoms with Gasteiger partial charge in [-0.15, -0.1) is 11.3 Å². The fourth-order valence-electron chi connectivity index (χ4n) is 1.41. The van der Waals surface area contributed by atoms with Crippen LogP contribution in [-0.4, -0.2) is 19.3 Å². The van der Waals surface area contributed by atoms with Crippen LogP contribution in [0.4, 0.5) is 4.39 Å². The van der Waals surface area contributed by atoms with Crippen LogP contribution in [-0.2, 0) is 21.2 Å². The van der Waals surface area contributed by atoms with Crippen LogP contribution in [0.3, 0.4) is 0 Å². The molecule has 0 aliphatic rings. The second-order valence-corrected chi connectivity index (χ2v) is 7.10. The molecule has 0 fully saturated rings. The zero-order valence-corrected chi connectivity index (χ0v) is 12.2. The van der Waals surface area contributed by atoms with E-state index in [2.05, 4.69) is 4.98 Å². The maximum absolute atomic E-state index is 13.4. The van der Waals surface area contributed by atoms with Gasteiger partial charge in [-0.1, -0.05) is 11.6 Å². The van der Waals surface area contributed by atoms with Gasteiger partial charge in [0, 0.05) is 11.1 Å². The molecule has 2 heterocycles. The Morgan fingerprint density at radius 3 is 2.75 bits per heavy atom. The SMILES string of the molecule is O=C(Cc1ccc(Cl)s1)NS(=O)(=O)c1ncccc1F. The van der Waals surface area contributed by atoms with Gasteiger partial charge in [0.05, 0.1) is 10.8 Å². The molecule has 106 valence electrons. The van der Waals surface area contributed by atoms with E-state index >= 15 is 0 Å². The second kappa shape index (κ2) is 5.86. The van der Waals surface area contributed by atoms with Gasteiger partial charge in [-0.25, -0.2) is 14.1 Å². The predicted octanol–water partition coefficient (Wildman–Crippen LogP) is 1.98. The predicted molar refractivity (Wildman–Crippen MR) is 72.6 cm³/mol. The average Bonchev–Trinajstić information content (AvgIpc) is 2.74. The van der Waals surface area contributed by atoms with E-state index in [0.717, 1.165) is 23.6 Å². The number of sulfonamides is 1. The third kappa shape index (κ3) is 3.53. The summed E-state index contributed by atoms with van der Waals surface area (Å²) in [5.41, 5.74) is 0. The van der Waals surface area contributed by atoms with Crippen LogP contribution in [0, 0.1) is 5.82 Å². The zero-order valence-electron chi connectivity index (χ0n) is 9.84. The average molecular weight is 335 g/mol. The summed E-state index contributed by atoms with van der Waals surface area (Å²) in [7, 11) is -4.32. The minimum Gasteiger partial charge on any atom is -0.274 e. The van der Waals surface area contributed by atoms with Gasteiger partial charge in [0.2, 0.25) is 10.9 Å². The first kappa shape index (κ1) is 14.9. The highest BCUT2D eigenvalue weighted by Crippen LogP contribution is 2.21. The van der Waals surface area contributed by atoms with Crippen molar-refractivity contribution in [2.24, 2.45) is 0 Å². The Balaban J connectivity index is 2.13. The van der Waals surface area contributed by atoms with Crippen LogP contribution in [0.5, 0.6) is 0 Å². The Bertz CT molecular complexity index is 746. The van der Waals surface area contributed by atoms with Gasteiger partial charge in [0.25, 0.3) is 10.0 Å². The van der Waals surface area contributed by atoms with E-state index in [9.17, 15) is 17.6 Å². The molecular weight excluding hydrogens is 327 g/mol. The minimum atomic E-state index is -4.32. The van der Waals surface area contributed by atoms with Gasteiger partial charge >= 0.3 is 0 Å². The highest BCUT2D eigenvalue weighted by Gasteiger charge is 2.23. The van der Waals surface area contributed by atoms with Crippen molar-refractivity contribution in [1.29, 1.82) is 0 Å². The number of hydrogen-bond donors (Lipinski definition) is 1. The molecule has 20 heavy (non-hydrogen) atoms. The molecule has 0 aliphatic carbocycles. The lowest BCUT2D eigenvalue weighted by atomic mass is 10.3. The molecule has 5 nitrogen and oxygen atoms in total. The Labute approximate surface area is 123 Å². The number of carbonyl (C=O) groups is 1. The number of hydrogen-bond acceptors (Lipinski definition) is 5. The quantitative estimate of drug-likeness (QED) is 0.927. The van der Waals surface area contributed by atoms with E-state index in [1.165, 1.54) is 6.07 Å². The van der Waals surface area contributed by atoms with Crippen LogP contribution in [0.15, 0.2) is 35.5 Å². The maximum atomic E-state index is 13.4. The highest BCUT2D eigenvalue weighted by atomic mass is 35.5. The second-order valence-electron chi connectivity index (χ2n) is 3.70. The molecular formula is C11H8ClFN2O3S2. The topological polar surface area (TPSA) is 76.1 Å². The van der Waals surface area contributed by atoms with E-state index < -0.39 is 26.8 Å². The minimum absolute atomic E-state index is 0.162. The zero-order chi connectivity index (χ0) is 14.8. The molecule has 9 heteroatoms. The number of carbonyl (C=O) groups excluding carboxylic acids is 1. The molecule has 2 aromatic rings. The molecule has 2 aromatic heterocycles. The van der Waals surface area contributed by atoms with Crippen molar-refractivity contribution in [3.8, 4) is 0 Å². The Morgan fingerprint density at radius 2 is 2.15 bits per heavy atom. The van der Waals surface area contributed by atoms with Gasteiger partial charge in [-0.3, -0.25) is 4.79 Å². The Morgan fingerprint density at radius 1 is 1.40 bits per heavy atom. The molecule has 0 radical (unpaired) electrons. The molecule has 0 spiro atoms. The number of thiophene rings is 1. The fourth-order valence-corrected chi connectivity index (χ4v) is 3.49. The largest absolute Gasteiger partial charge is 0.284 e. The summed E-state index contributed by atoms with van der Waals surface area (Å²) < 4.78 is 39.2. The molecule has 1 amide bonds. The molecule has 0 bridgehead atoms. The number of rotatable bonds is 4.